The number of hydrogen-bond donors (Lipinski definition) is 1. The molecular formula is C17H18F3N3OS. The molecule has 1 saturated carbocycles. The van der Waals surface area contributed by atoms with Gasteiger partial charge in [0.25, 0.3) is 0 Å². The number of nitrogens with one attached hydrogen (secondary N) is 1. The maximum absolute atomic E-state index is 12.5. The highest BCUT2D eigenvalue weighted by Gasteiger charge is 2.30. The van der Waals surface area contributed by atoms with Crippen molar-refractivity contribution in [2.45, 2.75) is 43.1 Å². The normalized spacial score (nSPS) is 15.5. The first kappa shape index (κ1) is 17.8. The van der Waals surface area contributed by atoms with E-state index in [1.54, 1.807) is 6.20 Å². The summed E-state index contributed by atoms with van der Waals surface area (Å²) in [6, 6.07) is 4.86. The molecular weight excluding hydrogens is 351 g/mol. The van der Waals surface area contributed by atoms with Gasteiger partial charge in [0.15, 0.2) is 5.16 Å². The molecule has 0 atom stereocenters. The van der Waals surface area contributed by atoms with Crippen molar-refractivity contribution in [2.24, 2.45) is 0 Å². The molecule has 0 spiro atoms. The monoisotopic (exact) mass is 369 g/mol. The lowest BCUT2D eigenvalue weighted by atomic mass is 10.2. The first-order chi connectivity index (χ1) is 11.9. The van der Waals surface area contributed by atoms with Crippen LogP contribution < -0.4 is 5.32 Å². The third kappa shape index (κ3) is 4.56. The number of carbonyl (C=O) groups is 1. The van der Waals surface area contributed by atoms with Crippen LogP contribution in [0.5, 0.6) is 0 Å². The highest BCUT2D eigenvalue weighted by Crippen LogP contribution is 2.33. The van der Waals surface area contributed by atoms with Crippen molar-refractivity contribution in [1.29, 1.82) is 0 Å². The number of rotatable bonds is 5. The zero-order valence-corrected chi connectivity index (χ0v) is 14.2. The van der Waals surface area contributed by atoms with Gasteiger partial charge in [-0.15, -0.1) is 0 Å². The maximum Gasteiger partial charge on any atom is 0.416 e. The van der Waals surface area contributed by atoms with Crippen molar-refractivity contribution in [3.63, 3.8) is 0 Å². The van der Waals surface area contributed by atoms with Crippen LogP contribution in [0.25, 0.3) is 0 Å². The van der Waals surface area contributed by atoms with Crippen LogP contribution in [0.15, 0.2) is 41.8 Å². The van der Waals surface area contributed by atoms with Crippen molar-refractivity contribution in [3.8, 4) is 0 Å². The molecule has 1 aliphatic rings. The molecule has 134 valence electrons. The summed E-state index contributed by atoms with van der Waals surface area (Å²) in [6.45, 7) is 0. The second kappa shape index (κ2) is 7.51. The SMILES string of the molecule is O=C(CSc1nccn1C1CCCC1)Nc1ccc(C(F)(F)F)cc1. The van der Waals surface area contributed by atoms with Crippen LogP contribution in [-0.4, -0.2) is 21.2 Å². The Morgan fingerprint density at radius 2 is 1.92 bits per heavy atom. The second-order valence-corrected chi connectivity index (χ2v) is 6.91. The summed E-state index contributed by atoms with van der Waals surface area (Å²) >= 11 is 1.34. The molecule has 25 heavy (non-hydrogen) atoms. The number of thioether (sulfide) groups is 1. The molecule has 0 saturated heterocycles. The Morgan fingerprint density at radius 3 is 2.56 bits per heavy atom. The molecule has 1 amide bonds. The Morgan fingerprint density at radius 1 is 1.24 bits per heavy atom. The van der Waals surface area contributed by atoms with Crippen LogP contribution in [0.3, 0.4) is 0 Å². The Kier molecular flexibility index (Phi) is 5.36. The first-order valence-corrected chi connectivity index (χ1v) is 9.05. The van der Waals surface area contributed by atoms with Gasteiger partial charge in [0.1, 0.15) is 0 Å². The van der Waals surface area contributed by atoms with E-state index in [1.165, 1.54) is 36.7 Å². The summed E-state index contributed by atoms with van der Waals surface area (Å²) in [5.41, 5.74) is -0.392. The molecule has 1 fully saturated rings. The fourth-order valence-corrected chi connectivity index (χ4v) is 3.77. The lowest BCUT2D eigenvalue weighted by molar-refractivity contribution is -0.137. The van der Waals surface area contributed by atoms with Gasteiger partial charge in [0, 0.05) is 24.1 Å². The van der Waals surface area contributed by atoms with Gasteiger partial charge in [-0.05, 0) is 37.1 Å². The minimum atomic E-state index is -4.38. The number of anilines is 1. The van der Waals surface area contributed by atoms with Gasteiger partial charge in [-0.1, -0.05) is 24.6 Å². The van der Waals surface area contributed by atoms with E-state index in [4.69, 9.17) is 0 Å². The molecule has 1 aromatic carbocycles. The van der Waals surface area contributed by atoms with E-state index in [-0.39, 0.29) is 11.7 Å². The molecule has 2 aromatic rings. The topological polar surface area (TPSA) is 46.9 Å². The Bertz CT molecular complexity index is 721. The number of halogens is 3. The Balaban J connectivity index is 1.54. The number of benzene rings is 1. The van der Waals surface area contributed by atoms with Crippen LogP contribution >= 0.6 is 11.8 Å². The zero-order valence-electron chi connectivity index (χ0n) is 13.4. The first-order valence-electron chi connectivity index (χ1n) is 8.06. The van der Waals surface area contributed by atoms with E-state index < -0.39 is 11.7 Å². The van der Waals surface area contributed by atoms with Crippen LogP contribution in [0.2, 0.25) is 0 Å². The van der Waals surface area contributed by atoms with E-state index in [2.05, 4.69) is 14.9 Å². The minimum absolute atomic E-state index is 0.157. The lowest BCUT2D eigenvalue weighted by Gasteiger charge is -2.14. The van der Waals surface area contributed by atoms with Crippen LogP contribution in [0, 0.1) is 0 Å². The van der Waals surface area contributed by atoms with Crippen LogP contribution in [0.4, 0.5) is 18.9 Å². The fourth-order valence-electron chi connectivity index (χ4n) is 2.94. The largest absolute Gasteiger partial charge is 0.416 e. The molecule has 4 nitrogen and oxygen atoms in total. The van der Waals surface area contributed by atoms with Gasteiger partial charge in [0.05, 0.1) is 11.3 Å². The van der Waals surface area contributed by atoms with Crippen molar-refractivity contribution in [2.75, 3.05) is 11.1 Å². The van der Waals surface area contributed by atoms with Crippen molar-refractivity contribution in [1.82, 2.24) is 9.55 Å². The molecule has 3 rings (SSSR count). The highest BCUT2D eigenvalue weighted by molar-refractivity contribution is 7.99. The molecule has 0 unspecified atom stereocenters. The number of imidazole rings is 1. The predicted molar refractivity (Wildman–Crippen MR) is 90.5 cm³/mol. The number of alkyl halides is 3. The van der Waals surface area contributed by atoms with E-state index in [0.717, 1.165) is 30.1 Å². The second-order valence-electron chi connectivity index (χ2n) is 5.97. The van der Waals surface area contributed by atoms with E-state index >= 15 is 0 Å². The summed E-state index contributed by atoms with van der Waals surface area (Å²) in [5, 5.41) is 3.41. The van der Waals surface area contributed by atoms with Gasteiger partial charge in [-0.25, -0.2) is 4.98 Å². The highest BCUT2D eigenvalue weighted by atomic mass is 32.2. The summed E-state index contributed by atoms with van der Waals surface area (Å²) in [7, 11) is 0. The van der Waals surface area contributed by atoms with E-state index in [0.29, 0.717) is 11.7 Å². The van der Waals surface area contributed by atoms with Gasteiger partial charge >= 0.3 is 6.18 Å². The van der Waals surface area contributed by atoms with E-state index in [9.17, 15) is 18.0 Å². The smallest absolute Gasteiger partial charge is 0.325 e. The zero-order chi connectivity index (χ0) is 17.9. The number of aromatic nitrogens is 2. The number of hydrogen-bond acceptors (Lipinski definition) is 3. The predicted octanol–water partition coefficient (Wildman–Crippen LogP) is 4.75. The molecule has 1 aliphatic carbocycles. The van der Waals surface area contributed by atoms with Crippen LogP contribution in [-0.2, 0) is 11.0 Å². The summed E-state index contributed by atoms with van der Waals surface area (Å²) < 4.78 is 39.7. The van der Waals surface area contributed by atoms with Gasteiger partial charge in [0.2, 0.25) is 5.91 Å². The summed E-state index contributed by atoms with van der Waals surface area (Å²) in [5.74, 6) is -0.115. The summed E-state index contributed by atoms with van der Waals surface area (Å²) in [6.07, 6.45) is 3.96. The standard InChI is InChI=1S/C17H18F3N3OS/c18-17(19,20)12-5-7-13(8-6-12)22-15(24)11-25-16-21-9-10-23(16)14-3-1-2-4-14/h5-10,14H,1-4,11H2,(H,22,24). The maximum atomic E-state index is 12.5. The third-order valence-electron chi connectivity index (χ3n) is 4.18. The average Bonchev–Trinajstić information content (AvgIpc) is 3.23. The fraction of sp³-hybridized carbons (Fsp3) is 0.412. The van der Waals surface area contributed by atoms with Crippen LogP contribution in [0.1, 0.15) is 37.3 Å². The van der Waals surface area contributed by atoms with Gasteiger partial charge in [-0.2, -0.15) is 13.2 Å². The summed E-state index contributed by atoms with van der Waals surface area (Å²) in [4.78, 5) is 16.3. The molecule has 1 heterocycles. The van der Waals surface area contributed by atoms with E-state index in [1.807, 2.05) is 6.20 Å². The molecule has 0 bridgehead atoms. The Labute approximate surface area is 147 Å². The van der Waals surface area contributed by atoms with Crippen molar-refractivity contribution >= 4 is 23.4 Å². The van der Waals surface area contributed by atoms with Crippen molar-refractivity contribution in [3.05, 3.63) is 42.2 Å². The molecule has 0 radical (unpaired) electrons. The van der Waals surface area contributed by atoms with Gasteiger partial charge < -0.3 is 9.88 Å². The average molecular weight is 369 g/mol. The number of carbonyl (C=O) groups excluding carboxylic acids is 1. The Hall–Kier alpha value is -1.96. The lowest BCUT2D eigenvalue weighted by Crippen LogP contribution is -2.15. The minimum Gasteiger partial charge on any atom is -0.325 e. The van der Waals surface area contributed by atoms with Crippen molar-refractivity contribution < 1.29 is 18.0 Å². The third-order valence-corrected chi connectivity index (χ3v) is 5.16. The quantitative estimate of drug-likeness (QED) is 0.774. The molecule has 0 aliphatic heterocycles. The molecule has 1 N–H and O–H groups in total. The number of nitrogens with zero attached hydrogens (tertiary/aromatic N) is 2. The number of amides is 1. The molecule has 8 heteroatoms. The molecule has 1 aromatic heterocycles. The van der Waals surface area contributed by atoms with Gasteiger partial charge in [-0.3, -0.25) is 4.79 Å².